The SMILES string of the molecule is Cn1cc(SCc2cccc([N+](=O)[O-])c2F)cn1. The van der Waals surface area contributed by atoms with E-state index >= 15 is 0 Å². The van der Waals surface area contributed by atoms with Crippen LogP contribution in [0.15, 0.2) is 35.5 Å². The Morgan fingerprint density at radius 1 is 1.56 bits per heavy atom. The number of aromatic nitrogens is 2. The fourth-order valence-corrected chi connectivity index (χ4v) is 2.35. The van der Waals surface area contributed by atoms with Crippen LogP contribution in [-0.2, 0) is 12.8 Å². The molecule has 0 aliphatic heterocycles. The first-order valence-electron chi connectivity index (χ1n) is 5.11. The maximum Gasteiger partial charge on any atom is 0.305 e. The van der Waals surface area contributed by atoms with Crippen LogP contribution >= 0.6 is 11.8 Å². The number of nitro benzene ring substituents is 1. The quantitative estimate of drug-likeness (QED) is 0.485. The zero-order chi connectivity index (χ0) is 13.1. The van der Waals surface area contributed by atoms with E-state index in [0.29, 0.717) is 11.3 Å². The van der Waals surface area contributed by atoms with Crippen molar-refractivity contribution < 1.29 is 9.31 Å². The van der Waals surface area contributed by atoms with E-state index in [0.717, 1.165) is 11.0 Å². The predicted molar refractivity (Wildman–Crippen MR) is 65.8 cm³/mol. The molecule has 0 unspecified atom stereocenters. The van der Waals surface area contributed by atoms with Crippen LogP contribution in [-0.4, -0.2) is 14.7 Å². The average Bonchev–Trinajstić information content (AvgIpc) is 2.73. The average molecular weight is 267 g/mol. The van der Waals surface area contributed by atoms with Gasteiger partial charge in [-0.3, -0.25) is 14.8 Å². The fourth-order valence-electron chi connectivity index (χ4n) is 1.45. The lowest BCUT2D eigenvalue weighted by molar-refractivity contribution is -0.387. The molecule has 5 nitrogen and oxygen atoms in total. The Labute approximate surface area is 107 Å². The van der Waals surface area contributed by atoms with E-state index in [9.17, 15) is 14.5 Å². The molecule has 0 aliphatic rings. The second-order valence-electron chi connectivity index (χ2n) is 3.65. The van der Waals surface area contributed by atoms with Crippen LogP contribution in [0.25, 0.3) is 0 Å². The normalized spacial score (nSPS) is 10.6. The van der Waals surface area contributed by atoms with Gasteiger partial charge < -0.3 is 0 Å². The zero-order valence-electron chi connectivity index (χ0n) is 9.54. The monoisotopic (exact) mass is 267 g/mol. The molecule has 2 aromatic rings. The summed E-state index contributed by atoms with van der Waals surface area (Å²) in [7, 11) is 1.79. The third kappa shape index (κ3) is 2.67. The molecule has 0 N–H and O–H groups in total. The molecular weight excluding hydrogens is 257 g/mol. The number of nitrogens with zero attached hydrogens (tertiary/aromatic N) is 3. The van der Waals surface area contributed by atoms with Crippen molar-refractivity contribution in [3.63, 3.8) is 0 Å². The summed E-state index contributed by atoms with van der Waals surface area (Å²) in [5.74, 6) is -0.432. The highest BCUT2D eigenvalue weighted by Crippen LogP contribution is 2.27. The van der Waals surface area contributed by atoms with E-state index in [4.69, 9.17) is 0 Å². The summed E-state index contributed by atoms with van der Waals surface area (Å²) in [6, 6.07) is 4.19. The summed E-state index contributed by atoms with van der Waals surface area (Å²) < 4.78 is 15.4. The Hall–Kier alpha value is -1.89. The van der Waals surface area contributed by atoms with Crippen LogP contribution in [0.4, 0.5) is 10.1 Å². The van der Waals surface area contributed by atoms with Crippen molar-refractivity contribution in [2.75, 3.05) is 0 Å². The summed E-state index contributed by atoms with van der Waals surface area (Å²) >= 11 is 1.38. The van der Waals surface area contributed by atoms with Gasteiger partial charge in [0.05, 0.1) is 11.1 Å². The van der Waals surface area contributed by atoms with Gasteiger partial charge in [0.15, 0.2) is 0 Å². The van der Waals surface area contributed by atoms with Crippen molar-refractivity contribution in [3.05, 3.63) is 52.1 Å². The molecule has 7 heteroatoms. The minimum Gasteiger partial charge on any atom is -0.275 e. The van der Waals surface area contributed by atoms with Gasteiger partial charge in [-0.25, -0.2) is 0 Å². The number of aryl methyl sites for hydroxylation is 1. The minimum atomic E-state index is -0.765. The number of hydrogen-bond donors (Lipinski definition) is 0. The molecule has 0 aliphatic carbocycles. The van der Waals surface area contributed by atoms with Crippen molar-refractivity contribution >= 4 is 17.4 Å². The maximum atomic E-state index is 13.8. The Morgan fingerprint density at radius 2 is 2.33 bits per heavy atom. The van der Waals surface area contributed by atoms with Gasteiger partial charge in [-0.1, -0.05) is 12.1 Å². The molecule has 0 saturated heterocycles. The molecule has 0 spiro atoms. The number of benzene rings is 1. The molecule has 1 aromatic heterocycles. The molecule has 0 amide bonds. The molecule has 1 aromatic carbocycles. The standard InChI is InChI=1S/C11H10FN3O2S/c1-14-6-9(5-13-14)18-7-8-3-2-4-10(11(8)12)15(16)17/h2-6H,7H2,1H3. The molecule has 0 radical (unpaired) electrons. The molecule has 0 saturated carbocycles. The van der Waals surface area contributed by atoms with Crippen molar-refractivity contribution in [2.24, 2.45) is 7.05 Å². The van der Waals surface area contributed by atoms with Gasteiger partial charge >= 0.3 is 5.69 Å². The van der Waals surface area contributed by atoms with Gasteiger partial charge in [-0.2, -0.15) is 9.49 Å². The number of rotatable bonds is 4. The summed E-state index contributed by atoms with van der Waals surface area (Å²) in [5, 5.41) is 14.6. The van der Waals surface area contributed by atoms with Gasteiger partial charge in [0.25, 0.3) is 0 Å². The first kappa shape index (κ1) is 12.6. The van der Waals surface area contributed by atoms with Gasteiger partial charge in [-0.05, 0) is 0 Å². The second kappa shape index (κ2) is 5.18. The lowest BCUT2D eigenvalue weighted by Crippen LogP contribution is -1.96. The van der Waals surface area contributed by atoms with Crippen LogP contribution in [0.1, 0.15) is 5.56 Å². The highest BCUT2D eigenvalue weighted by Gasteiger charge is 2.17. The van der Waals surface area contributed by atoms with Crippen LogP contribution in [0.2, 0.25) is 0 Å². The number of hydrogen-bond acceptors (Lipinski definition) is 4. The van der Waals surface area contributed by atoms with Crippen LogP contribution in [0, 0.1) is 15.9 Å². The second-order valence-corrected chi connectivity index (χ2v) is 4.69. The Morgan fingerprint density at radius 3 is 2.94 bits per heavy atom. The van der Waals surface area contributed by atoms with Gasteiger partial charge in [0.2, 0.25) is 5.82 Å². The molecule has 0 bridgehead atoms. The van der Waals surface area contributed by atoms with Gasteiger partial charge in [0.1, 0.15) is 0 Å². The number of halogens is 1. The highest BCUT2D eigenvalue weighted by molar-refractivity contribution is 7.98. The van der Waals surface area contributed by atoms with E-state index in [-0.39, 0.29) is 0 Å². The Bertz CT molecular complexity index is 585. The number of thioether (sulfide) groups is 1. The third-order valence-electron chi connectivity index (χ3n) is 2.33. The van der Waals surface area contributed by atoms with Crippen molar-refractivity contribution in [1.29, 1.82) is 0 Å². The largest absolute Gasteiger partial charge is 0.305 e. The first-order valence-corrected chi connectivity index (χ1v) is 6.09. The predicted octanol–water partition coefficient (Wildman–Crippen LogP) is 2.76. The summed E-state index contributed by atoms with van der Waals surface area (Å²) in [4.78, 5) is 10.8. The fraction of sp³-hybridized carbons (Fsp3) is 0.182. The third-order valence-corrected chi connectivity index (χ3v) is 3.33. The maximum absolute atomic E-state index is 13.8. The van der Waals surface area contributed by atoms with Crippen molar-refractivity contribution in [3.8, 4) is 0 Å². The molecule has 1 heterocycles. The number of nitro groups is 1. The molecule has 2 rings (SSSR count). The molecule has 18 heavy (non-hydrogen) atoms. The Balaban J connectivity index is 2.14. The van der Waals surface area contributed by atoms with Crippen LogP contribution in [0.5, 0.6) is 0 Å². The van der Waals surface area contributed by atoms with E-state index in [1.54, 1.807) is 30.2 Å². The van der Waals surface area contributed by atoms with Gasteiger partial charge in [0, 0.05) is 35.5 Å². The molecule has 0 atom stereocenters. The van der Waals surface area contributed by atoms with E-state index in [1.807, 2.05) is 0 Å². The lowest BCUT2D eigenvalue weighted by Gasteiger charge is -2.02. The molecule has 94 valence electrons. The van der Waals surface area contributed by atoms with Crippen LogP contribution in [0.3, 0.4) is 0 Å². The van der Waals surface area contributed by atoms with Crippen molar-refractivity contribution in [1.82, 2.24) is 9.78 Å². The topological polar surface area (TPSA) is 61.0 Å². The van der Waals surface area contributed by atoms with E-state index < -0.39 is 16.4 Å². The highest BCUT2D eigenvalue weighted by atomic mass is 32.2. The van der Waals surface area contributed by atoms with E-state index in [1.165, 1.54) is 17.8 Å². The summed E-state index contributed by atoms with van der Waals surface area (Å²) in [5.41, 5.74) is -0.169. The van der Waals surface area contributed by atoms with Crippen molar-refractivity contribution in [2.45, 2.75) is 10.6 Å². The van der Waals surface area contributed by atoms with E-state index in [2.05, 4.69) is 5.10 Å². The Kier molecular flexibility index (Phi) is 3.61. The smallest absolute Gasteiger partial charge is 0.275 e. The summed E-state index contributed by atoms with van der Waals surface area (Å²) in [6.07, 6.45) is 3.47. The summed E-state index contributed by atoms with van der Waals surface area (Å²) in [6.45, 7) is 0. The molecule has 0 fully saturated rings. The molecular formula is C11H10FN3O2S. The zero-order valence-corrected chi connectivity index (χ0v) is 10.4. The minimum absolute atomic E-state index is 0.318. The van der Waals surface area contributed by atoms with Crippen LogP contribution < -0.4 is 0 Å². The lowest BCUT2D eigenvalue weighted by atomic mass is 10.2. The first-order chi connectivity index (χ1) is 8.58. The van der Waals surface area contributed by atoms with Gasteiger partial charge in [-0.15, -0.1) is 11.8 Å².